The molecule has 2 aromatic heterocycles. The lowest BCUT2D eigenvalue weighted by Crippen LogP contribution is -2.02. The van der Waals surface area contributed by atoms with Gasteiger partial charge >= 0.3 is 0 Å². The molecule has 2 N–H and O–H groups in total. The van der Waals surface area contributed by atoms with Gasteiger partial charge in [0.1, 0.15) is 23.6 Å². The van der Waals surface area contributed by atoms with Gasteiger partial charge in [-0.3, -0.25) is 4.57 Å². The van der Waals surface area contributed by atoms with Crippen molar-refractivity contribution in [1.82, 2.24) is 14.5 Å². The number of anilines is 1. The van der Waals surface area contributed by atoms with E-state index in [2.05, 4.69) is 9.97 Å². The van der Waals surface area contributed by atoms with Crippen LogP contribution in [0.15, 0.2) is 24.5 Å². The molecule has 0 amide bonds. The van der Waals surface area contributed by atoms with Crippen LogP contribution in [0.25, 0.3) is 16.7 Å². The van der Waals surface area contributed by atoms with Crippen LogP contribution in [-0.4, -0.2) is 14.5 Å². The van der Waals surface area contributed by atoms with Gasteiger partial charge in [0.15, 0.2) is 5.65 Å². The Labute approximate surface area is 120 Å². The molecule has 3 rings (SSSR count). The van der Waals surface area contributed by atoms with Crippen LogP contribution in [0, 0.1) is 19.7 Å². The molecule has 0 fully saturated rings. The zero-order chi connectivity index (χ0) is 14.4. The van der Waals surface area contributed by atoms with Crippen molar-refractivity contribution in [3.63, 3.8) is 0 Å². The zero-order valence-corrected chi connectivity index (χ0v) is 11.7. The second-order valence-electron chi connectivity index (χ2n) is 4.57. The first-order chi connectivity index (χ1) is 9.52. The third-order valence-electron chi connectivity index (χ3n) is 3.48. The number of nitrogen functional groups attached to an aromatic ring is 1. The van der Waals surface area contributed by atoms with Crippen molar-refractivity contribution in [3.05, 3.63) is 46.6 Å². The molecule has 0 aliphatic carbocycles. The van der Waals surface area contributed by atoms with Crippen LogP contribution in [-0.2, 0) is 0 Å². The second kappa shape index (κ2) is 4.45. The lowest BCUT2D eigenvalue weighted by Gasteiger charge is -2.11. The Morgan fingerprint density at radius 2 is 2.00 bits per heavy atom. The van der Waals surface area contributed by atoms with Gasteiger partial charge in [-0.25, -0.2) is 14.4 Å². The summed E-state index contributed by atoms with van der Waals surface area (Å²) in [5.41, 5.74) is 8.48. The van der Waals surface area contributed by atoms with Crippen molar-refractivity contribution in [3.8, 4) is 5.69 Å². The molecule has 20 heavy (non-hydrogen) atoms. The fourth-order valence-corrected chi connectivity index (χ4v) is 2.65. The summed E-state index contributed by atoms with van der Waals surface area (Å²) in [5.74, 6) is -0.0310. The Hall–Kier alpha value is -2.14. The van der Waals surface area contributed by atoms with E-state index in [4.69, 9.17) is 17.3 Å². The van der Waals surface area contributed by atoms with Crippen LogP contribution < -0.4 is 5.73 Å². The van der Waals surface area contributed by atoms with E-state index in [0.29, 0.717) is 16.5 Å². The maximum Gasteiger partial charge on any atom is 0.150 e. The van der Waals surface area contributed by atoms with Gasteiger partial charge in [-0.15, -0.1) is 0 Å². The van der Waals surface area contributed by atoms with Crippen LogP contribution in [0.1, 0.15) is 11.3 Å². The van der Waals surface area contributed by atoms with Crippen molar-refractivity contribution < 1.29 is 4.39 Å². The van der Waals surface area contributed by atoms with Gasteiger partial charge in [0, 0.05) is 5.69 Å². The summed E-state index contributed by atoms with van der Waals surface area (Å²) in [6, 6.07) is 4.58. The summed E-state index contributed by atoms with van der Waals surface area (Å²) in [7, 11) is 0. The highest BCUT2D eigenvalue weighted by atomic mass is 35.5. The number of rotatable bonds is 1. The molecule has 1 aromatic carbocycles. The fourth-order valence-electron chi connectivity index (χ4n) is 2.40. The summed E-state index contributed by atoms with van der Waals surface area (Å²) < 4.78 is 15.9. The largest absolute Gasteiger partial charge is 0.383 e. The van der Waals surface area contributed by atoms with Crippen molar-refractivity contribution >= 4 is 28.5 Å². The number of hydrogen-bond acceptors (Lipinski definition) is 3. The number of fused-ring (bicyclic) bond motifs is 1. The van der Waals surface area contributed by atoms with Gasteiger partial charge in [0.05, 0.1) is 10.4 Å². The monoisotopic (exact) mass is 290 g/mol. The summed E-state index contributed by atoms with van der Waals surface area (Å²) in [5, 5.41) is 1.05. The number of nitrogens with zero attached hydrogens (tertiary/aromatic N) is 3. The Morgan fingerprint density at radius 1 is 1.25 bits per heavy atom. The van der Waals surface area contributed by atoms with Gasteiger partial charge in [-0.2, -0.15) is 0 Å². The maximum absolute atomic E-state index is 14.2. The van der Waals surface area contributed by atoms with E-state index in [1.807, 2.05) is 13.8 Å². The molecule has 0 aliphatic rings. The Bertz CT molecular complexity index is 805. The minimum absolute atomic E-state index is 0.280. The molecular weight excluding hydrogens is 279 g/mol. The molecule has 0 unspecified atom stereocenters. The Morgan fingerprint density at radius 3 is 2.70 bits per heavy atom. The molecule has 0 saturated heterocycles. The lowest BCUT2D eigenvalue weighted by atomic mass is 10.2. The quantitative estimate of drug-likeness (QED) is 0.747. The molecular formula is C14H12ClFN4. The van der Waals surface area contributed by atoms with Crippen LogP contribution >= 0.6 is 11.6 Å². The molecule has 102 valence electrons. The van der Waals surface area contributed by atoms with Gasteiger partial charge in [0.25, 0.3) is 0 Å². The number of aromatic nitrogens is 3. The summed E-state index contributed by atoms with van der Waals surface area (Å²) in [6.45, 7) is 3.78. The second-order valence-corrected chi connectivity index (χ2v) is 4.98. The van der Waals surface area contributed by atoms with Crippen molar-refractivity contribution in [2.45, 2.75) is 13.8 Å². The predicted octanol–water partition coefficient (Wildman–Crippen LogP) is 3.41. The minimum atomic E-state index is -0.408. The van der Waals surface area contributed by atoms with Crippen LogP contribution in [0.4, 0.5) is 10.2 Å². The van der Waals surface area contributed by atoms with Gasteiger partial charge in [0.2, 0.25) is 0 Å². The molecule has 0 saturated carbocycles. The highest BCUT2D eigenvalue weighted by molar-refractivity contribution is 6.32. The van der Waals surface area contributed by atoms with E-state index in [0.717, 1.165) is 16.6 Å². The van der Waals surface area contributed by atoms with E-state index < -0.39 is 5.82 Å². The zero-order valence-electron chi connectivity index (χ0n) is 11.0. The first kappa shape index (κ1) is 12.9. The molecule has 6 heteroatoms. The normalized spacial score (nSPS) is 11.2. The number of nitrogens with two attached hydrogens (primary N) is 1. The SMILES string of the molecule is Cc1c(C)n(-c2c(F)cccc2Cl)c2ncnc(N)c12. The number of benzene rings is 1. The first-order valence-corrected chi connectivity index (χ1v) is 6.42. The third-order valence-corrected chi connectivity index (χ3v) is 3.79. The third kappa shape index (κ3) is 1.67. The van der Waals surface area contributed by atoms with Crippen LogP contribution in [0.3, 0.4) is 0 Å². The highest BCUT2D eigenvalue weighted by Gasteiger charge is 2.20. The van der Waals surface area contributed by atoms with Crippen molar-refractivity contribution in [2.75, 3.05) is 5.73 Å². The standard InChI is InChI=1S/C14H12ClFN4/c1-7-8(2)20(12-9(15)4-3-5-10(12)16)14-11(7)13(17)18-6-19-14/h3-6H,1-2H3,(H2,17,18,19). The molecule has 0 radical (unpaired) electrons. The summed E-state index contributed by atoms with van der Waals surface area (Å²) in [6.07, 6.45) is 1.36. The van der Waals surface area contributed by atoms with Gasteiger partial charge in [-0.05, 0) is 31.5 Å². The van der Waals surface area contributed by atoms with Gasteiger partial charge < -0.3 is 5.73 Å². The van der Waals surface area contributed by atoms with Crippen LogP contribution in [0.5, 0.6) is 0 Å². The molecule has 2 heterocycles. The van der Waals surface area contributed by atoms with E-state index in [-0.39, 0.29) is 5.69 Å². The van der Waals surface area contributed by atoms with E-state index in [1.165, 1.54) is 12.4 Å². The highest BCUT2D eigenvalue weighted by Crippen LogP contribution is 2.33. The van der Waals surface area contributed by atoms with E-state index >= 15 is 0 Å². The van der Waals surface area contributed by atoms with E-state index in [9.17, 15) is 4.39 Å². The number of hydrogen-bond donors (Lipinski definition) is 1. The fraction of sp³-hybridized carbons (Fsp3) is 0.143. The topological polar surface area (TPSA) is 56.7 Å². The number of halogens is 2. The predicted molar refractivity (Wildman–Crippen MR) is 77.7 cm³/mol. The maximum atomic E-state index is 14.2. The summed E-state index contributed by atoms with van der Waals surface area (Å²) >= 11 is 6.15. The molecule has 3 aromatic rings. The Balaban J connectivity index is 2.50. The van der Waals surface area contributed by atoms with Crippen molar-refractivity contribution in [2.24, 2.45) is 0 Å². The number of para-hydroxylation sites is 1. The molecule has 0 spiro atoms. The average Bonchev–Trinajstić information content (AvgIpc) is 2.65. The summed E-state index contributed by atoms with van der Waals surface area (Å²) in [4.78, 5) is 8.22. The molecule has 0 bridgehead atoms. The smallest absolute Gasteiger partial charge is 0.150 e. The number of aryl methyl sites for hydroxylation is 1. The Kier molecular flexibility index (Phi) is 2.87. The molecule has 0 atom stereocenters. The van der Waals surface area contributed by atoms with Gasteiger partial charge in [-0.1, -0.05) is 17.7 Å². The minimum Gasteiger partial charge on any atom is -0.383 e. The lowest BCUT2D eigenvalue weighted by molar-refractivity contribution is 0.618. The average molecular weight is 291 g/mol. The van der Waals surface area contributed by atoms with Crippen molar-refractivity contribution in [1.29, 1.82) is 0 Å². The first-order valence-electron chi connectivity index (χ1n) is 6.05. The van der Waals surface area contributed by atoms with Crippen LogP contribution in [0.2, 0.25) is 5.02 Å². The van der Waals surface area contributed by atoms with E-state index in [1.54, 1.807) is 16.7 Å². The molecule has 4 nitrogen and oxygen atoms in total. The molecule has 0 aliphatic heterocycles.